The summed E-state index contributed by atoms with van der Waals surface area (Å²) in [7, 11) is 0. The zero-order chi connectivity index (χ0) is 15.0. The number of nitrogens with zero attached hydrogens (tertiary/aromatic N) is 1. The van der Waals surface area contributed by atoms with Crippen molar-refractivity contribution in [1.29, 1.82) is 0 Å². The third-order valence-corrected chi connectivity index (χ3v) is 4.75. The largest absolute Gasteiger partial charge is 0.365 e. The molecule has 0 radical (unpaired) electrons. The Kier molecular flexibility index (Phi) is 3.91. The Bertz CT molecular complexity index is 484. The first-order valence-corrected chi connectivity index (χ1v) is 7.89. The highest BCUT2D eigenvalue weighted by Gasteiger charge is 2.40. The van der Waals surface area contributed by atoms with E-state index in [1.165, 1.54) is 25.7 Å². The standard InChI is InChI=1S/C17H24F2N2/c1-17(2)11-21(15-6-4-3-5-14(15)20-17)13-9-7-12(8-10-13)16(18)19/h7-10,14-16,20H,3-6,11H2,1-2H3/t14-,15-/m1/s1. The highest BCUT2D eigenvalue weighted by atomic mass is 19.3. The molecule has 4 heteroatoms. The lowest BCUT2D eigenvalue weighted by molar-refractivity contribution is 0.151. The van der Waals surface area contributed by atoms with E-state index in [0.29, 0.717) is 12.1 Å². The number of piperazine rings is 1. The SMILES string of the molecule is CC1(C)CN(c2ccc(C(F)F)cc2)[C@@H]2CCCC[C@H]2N1. The van der Waals surface area contributed by atoms with Crippen molar-refractivity contribution >= 4 is 5.69 Å². The van der Waals surface area contributed by atoms with Gasteiger partial charge < -0.3 is 10.2 Å². The van der Waals surface area contributed by atoms with Gasteiger partial charge in [0.2, 0.25) is 0 Å². The molecule has 0 unspecified atom stereocenters. The highest BCUT2D eigenvalue weighted by Crippen LogP contribution is 2.34. The van der Waals surface area contributed by atoms with Crippen molar-refractivity contribution in [1.82, 2.24) is 5.32 Å². The number of hydrogen-bond donors (Lipinski definition) is 1. The first kappa shape index (κ1) is 14.8. The molecular formula is C17H24F2N2. The topological polar surface area (TPSA) is 15.3 Å². The van der Waals surface area contributed by atoms with E-state index in [9.17, 15) is 8.78 Å². The van der Waals surface area contributed by atoms with Gasteiger partial charge >= 0.3 is 0 Å². The summed E-state index contributed by atoms with van der Waals surface area (Å²) in [6, 6.07) is 7.84. The van der Waals surface area contributed by atoms with Crippen molar-refractivity contribution in [3.63, 3.8) is 0 Å². The first-order valence-electron chi connectivity index (χ1n) is 7.89. The molecule has 1 aromatic carbocycles. The number of anilines is 1. The highest BCUT2D eigenvalue weighted by molar-refractivity contribution is 5.50. The molecule has 2 aliphatic rings. The Hall–Kier alpha value is -1.16. The number of fused-ring (bicyclic) bond motifs is 1. The molecule has 2 atom stereocenters. The molecule has 1 saturated heterocycles. The predicted molar refractivity (Wildman–Crippen MR) is 82.0 cm³/mol. The Morgan fingerprint density at radius 3 is 2.48 bits per heavy atom. The van der Waals surface area contributed by atoms with Gasteiger partial charge in [-0.15, -0.1) is 0 Å². The van der Waals surface area contributed by atoms with Crippen LogP contribution in [-0.4, -0.2) is 24.2 Å². The van der Waals surface area contributed by atoms with Crippen LogP contribution in [0.3, 0.4) is 0 Å². The number of halogens is 2. The smallest absolute Gasteiger partial charge is 0.263 e. The maximum atomic E-state index is 12.7. The summed E-state index contributed by atoms with van der Waals surface area (Å²) in [5.41, 5.74) is 1.24. The van der Waals surface area contributed by atoms with Crippen LogP contribution in [0.15, 0.2) is 24.3 Å². The molecule has 0 aromatic heterocycles. The van der Waals surface area contributed by atoms with Crippen LogP contribution in [0.25, 0.3) is 0 Å². The second kappa shape index (κ2) is 5.56. The van der Waals surface area contributed by atoms with Crippen LogP contribution in [0.2, 0.25) is 0 Å². The third-order valence-electron chi connectivity index (χ3n) is 4.75. The number of rotatable bonds is 2. The van der Waals surface area contributed by atoms with Crippen molar-refractivity contribution in [2.75, 3.05) is 11.4 Å². The summed E-state index contributed by atoms with van der Waals surface area (Å²) < 4.78 is 25.4. The number of hydrogen-bond acceptors (Lipinski definition) is 2. The van der Waals surface area contributed by atoms with Crippen molar-refractivity contribution < 1.29 is 8.78 Å². The van der Waals surface area contributed by atoms with E-state index in [4.69, 9.17) is 0 Å². The van der Waals surface area contributed by atoms with Gasteiger partial charge in [0.15, 0.2) is 0 Å². The zero-order valence-electron chi connectivity index (χ0n) is 12.8. The van der Waals surface area contributed by atoms with Gasteiger partial charge in [0.05, 0.1) is 0 Å². The number of nitrogens with one attached hydrogen (secondary N) is 1. The van der Waals surface area contributed by atoms with Crippen LogP contribution in [0.4, 0.5) is 14.5 Å². The molecule has 2 nitrogen and oxygen atoms in total. The average Bonchev–Trinajstić information content (AvgIpc) is 2.45. The molecule has 1 aromatic rings. The minimum Gasteiger partial charge on any atom is -0.365 e. The first-order chi connectivity index (χ1) is 9.96. The second-order valence-electron chi connectivity index (χ2n) is 7.01. The lowest BCUT2D eigenvalue weighted by Gasteiger charge is -2.52. The van der Waals surface area contributed by atoms with Crippen molar-refractivity contribution in [2.24, 2.45) is 0 Å². The Morgan fingerprint density at radius 1 is 1.14 bits per heavy atom. The van der Waals surface area contributed by atoms with Gasteiger partial charge in [0.25, 0.3) is 6.43 Å². The van der Waals surface area contributed by atoms with E-state index in [1.807, 2.05) is 12.1 Å². The minimum absolute atomic E-state index is 0.0554. The van der Waals surface area contributed by atoms with Gasteiger partial charge in [-0.1, -0.05) is 25.0 Å². The molecule has 1 aliphatic carbocycles. The fourth-order valence-corrected chi connectivity index (χ4v) is 3.84. The molecule has 1 N–H and O–H groups in total. The van der Waals surface area contributed by atoms with Crippen LogP contribution in [0.1, 0.15) is 51.5 Å². The summed E-state index contributed by atoms with van der Waals surface area (Å²) in [6.45, 7) is 5.36. The van der Waals surface area contributed by atoms with Gasteiger partial charge in [-0.25, -0.2) is 8.78 Å². The number of benzene rings is 1. The molecule has 116 valence electrons. The lowest BCUT2D eigenvalue weighted by Crippen LogP contribution is -2.67. The van der Waals surface area contributed by atoms with Gasteiger partial charge in [-0.2, -0.15) is 0 Å². The summed E-state index contributed by atoms with van der Waals surface area (Å²) in [6.07, 6.45) is 2.54. The molecular weight excluding hydrogens is 270 g/mol. The molecule has 1 heterocycles. The second-order valence-corrected chi connectivity index (χ2v) is 7.01. The van der Waals surface area contributed by atoms with E-state index < -0.39 is 6.43 Å². The van der Waals surface area contributed by atoms with Crippen molar-refractivity contribution in [2.45, 2.75) is 63.6 Å². The fourth-order valence-electron chi connectivity index (χ4n) is 3.84. The van der Waals surface area contributed by atoms with Crippen molar-refractivity contribution in [3.8, 4) is 0 Å². The summed E-state index contributed by atoms with van der Waals surface area (Å²) in [5, 5.41) is 3.76. The monoisotopic (exact) mass is 294 g/mol. The van der Waals surface area contributed by atoms with Gasteiger partial charge in [-0.3, -0.25) is 0 Å². The molecule has 0 bridgehead atoms. The average molecular weight is 294 g/mol. The Morgan fingerprint density at radius 2 is 1.81 bits per heavy atom. The Balaban J connectivity index is 1.86. The van der Waals surface area contributed by atoms with Crippen molar-refractivity contribution in [3.05, 3.63) is 29.8 Å². The molecule has 2 fully saturated rings. The van der Waals surface area contributed by atoms with Crippen LogP contribution < -0.4 is 10.2 Å². The van der Waals surface area contributed by atoms with Crippen LogP contribution in [-0.2, 0) is 0 Å². The van der Waals surface area contributed by atoms with Gasteiger partial charge in [0.1, 0.15) is 0 Å². The van der Waals surface area contributed by atoms with Gasteiger partial charge in [-0.05, 0) is 38.8 Å². The molecule has 0 amide bonds. The Labute approximate surface area is 125 Å². The van der Waals surface area contributed by atoms with Crippen LogP contribution in [0, 0.1) is 0 Å². The van der Waals surface area contributed by atoms with E-state index in [-0.39, 0.29) is 11.1 Å². The normalized spacial score (nSPS) is 28.5. The molecule has 21 heavy (non-hydrogen) atoms. The summed E-state index contributed by atoms with van der Waals surface area (Å²) in [5.74, 6) is 0. The van der Waals surface area contributed by atoms with E-state index in [1.54, 1.807) is 12.1 Å². The lowest BCUT2D eigenvalue weighted by atomic mass is 9.83. The molecule has 1 saturated carbocycles. The molecule has 3 rings (SSSR count). The summed E-state index contributed by atoms with van der Waals surface area (Å²) >= 11 is 0. The van der Waals surface area contributed by atoms with E-state index in [2.05, 4.69) is 24.1 Å². The summed E-state index contributed by atoms with van der Waals surface area (Å²) in [4.78, 5) is 2.43. The van der Waals surface area contributed by atoms with Gasteiger partial charge in [0, 0.05) is 35.4 Å². The predicted octanol–water partition coefficient (Wildman–Crippen LogP) is 4.12. The van der Waals surface area contributed by atoms with Crippen LogP contribution >= 0.6 is 0 Å². The maximum Gasteiger partial charge on any atom is 0.263 e. The third kappa shape index (κ3) is 3.05. The maximum absolute atomic E-state index is 12.7. The van der Waals surface area contributed by atoms with Crippen LogP contribution in [0.5, 0.6) is 0 Å². The zero-order valence-corrected chi connectivity index (χ0v) is 12.8. The molecule has 1 aliphatic heterocycles. The minimum atomic E-state index is -2.39. The molecule has 0 spiro atoms. The quantitative estimate of drug-likeness (QED) is 0.882. The van der Waals surface area contributed by atoms with E-state index >= 15 is 0 Å². The fraction of sp³-hybridized carbons (Fsp3) is 0.647. The van der Waals surface area contributed by atoms with E-state index in [0.717, 1.165) is 12.2 Å². The number of alkyl halides is 2.